The third kappa shape index (κ3) is 5.69. The number of nitriles is 1. The average Bonchev–Trinajstić information content (AvgIpc) is 3.40. The van der Waals surface area contributed by atoms with Crippen LogP contribution in [0.3, 0.4) is 0 Å². The summed E-state index contributed by atoms with van der Waals surface area (Å²) >= 11 is 0. The van der Waals surface area contributed by atoms with Crippen LogP contribution in [-0.2, 0) is 21.4 Å². The van der Waals surface area contributed by atoms with Gasteiger partial charge in [-0.15, -0.1) is 0 Å². The Kier molecular flexibility index (Phi) is 8.20. The lowest BCUT2D eigenvalue weighted by atomic mass is 9.70. The number of carbonyl (C=O) groups excluding carboxylic acids is 1. The van der Waals surface area contributed by atoms with Crippen LogP contribution in [0.15, 0.2) is 60.3 Å². The van der Waals surface area contributed by atoms with Crippen LogP contribution in [0.25, 0.3) is 0 Å². The molecule has 1 unspecified atom stereocenters. The fourth-order valence-electron chi connectivity index (χ4n) is 6.13. The second-order valence-electron chi connectivity index (χ2n) is 11.1. The van der Waals surface area contributed by atoms with Crippen LogP contribution >= 0.6 is 0 Å². The van der Waals surface area contributed by atoms with E-state index in [1.54, 1.807) is 4.90 Å². The molecule has 3 aliphatic heterocycles. The molecular formula is C30H31F5N6O2. The van der Waals surface area contributed by atoms with E-state index in [1.807, 2.05) is 13.1 Å². The molecule has 43 heavy (non-hydrogen) atoms. The zero-order valence-corrected chi connectivity index (χ0v) is 23.6. The molecule has 2 fully saturated rings. The van der Waals surface area contributed by atoms with Gasteiger partial charge in [0, 0.05) is 50.7 Å². The Hall–Kier alpha value is -4.02. The van der Waals surface area contributed by atoms with E-state index in [1.165, 1.54) is 31.6 Å². The fourth-order valence-corrected chi connectivity index (χ4v) is 6.13. The number of likely N-dealkylation sites (N-methyl/N-ethyl adjacent to an activating group) is 1. The summed E-state index contributed by atoms with van der Waals surface area (Å²) in [5.74, 6) is -1.78. The third-order valence-electron chi connectivity index (χ3n) is 8.58. The van der Waals surface area contributed by atoms with Crippen molar-refractivity contribution in [3.8, 4) is 6.07 Å². The molecule has 13 heteroatoms. The number of amides is 1. The molecule has 0 saturated carbocycles. The molecule has 228 valence electrons. The van der Waals surface area contributed by atoms with Gasteiger partial charge in [-0.3, -0.25) is 9.78 Å². The van der Waals surface area contributed by atoms with Crippen LogP contribution in [0.4, 0.5) is 27.6 Å². The molecular weight excluding hydrogens is 571 g/mol. The Labute approximate surface area is 245 Å². The molecule has 2 N–H and O–H groups in total. The third-order valence-corrected chi connectivity index (χ3v) is 8.58. The highest BCUT2D eigenvalue weighted by Gasteiger charge is 2.49. The van der Waals surface area contributed by atoms with E-state index in [4.69, 9.17) is 4.74 Å². The van der Waals surface area contributed by atoms with Gasteiger partial charge >= 0.3 is 6.18 Å². The standard InChI is InChI=1S/C30H31F5N6O2/c1-40-8-5-24(18-40)39-27(42)28(21-13-26(32)29(43-2,38-16-21)22-12-23(31)17-37-15-22)6-9-41(10-7-28)25-4-3-20(30(33,34)35)11-19(25)14-36/h3-4,11-13,15-17,24,38H,5-10,18H2,1-2H3,(H,39,42)/t24-,29?/m0/s1. The van der Waals surface area contributed by atoms with Gasteiger partial charge in [-0.1, -0.05) is 0 Å². The SMILES string of the molecule is COC1(c2cncc(F)c2)NC=C(C2(C(=O)N[C@H]3CCN(C)C3)CCN(c3ccc(C(F)(F)F)cc3C#N)CC2)C=C1F. The summed E-state index contributed by atoms with van der Waals surface area (Å²) in [7, 11) is 3.22. The van der Waals surface area contributed by atoms with Crippen molar-refractivity contribution >= 4 is 11.6 Å². The van der Waals surface area contributed by atoms with Gasteiger partial charge in [-0.25, -0.2) is 8.78 Å². The number of rotatable bonds is 6. The summed E-state index contributed by atoms with van der Waals surface area (Å²) in [4.78, 5) is 21.7. The Morgan fingerprint density at radius 2 is 1.93 bits per heavy atom. The van der Waals surface area contributed by atoms with E-state index in [2.05, 4.69) is 20.5 Å². The van der Waals surface area contributed by atoms with Crippen molar-refractivity contribution in [3.05, 3.63) is 82.8 Å². The highest BCUT2D eigenvalue weighted by molar-refractivity contribution is 5.87. The van der Waals surface area contributed by atoms with Gasteiger partial charge in [0.25, 0.3) is 0 Å². The average molecular weight is 603 g/mol. The monoisotopic (exact) mass is 602 g/mol. The maximum absolute atomic E-state index is 16.0. The molecule has 1 aromatic carbocycles. The second-order valence-corrected chi connectivity index (χ2v) is 11.1. The number of hydrogen-bond donors (Lipinski definition) is 2. The van der Waals surface area contributed by atoms with Crippen molar-refractivity contribution in [3.63, 3.8) is 0 Å². The van der Waals surface area contributed by atoms with Gasteiger partial charge in [0.15, 0.2) is 5.83 Å². The summed E-state index contributed by atoms with van der Waals surface area (Å²) in [5, 5.41) is 15.6. The first kappa shape index (κ1) is 30.4. The number of carbonyl (C=O) groups is 1. The summed E-state index contributed by atoms with van der Waals surface area (Å²) in [6, 6.07) is 5.87. The van der Waals surface area contributed by atoms with Gasteiger partial charge < -0.3 is 25.2 Å². The highest BCUT2D eigenvalue weighted by Crippen LogP contribution is 2.46. The van der Waals surface area contributed by atoms with Gasteiger partial charge in [-0.2, -0.15) is 18.4 Å². The van der Waals surface area contributed by atoms with Crippen LogP contribution in [0.5, 0.6) is 0 Å². The Bertz CT molecular complexity index is 1490. The minimum Gasteiger partial charge on any atom is -0.370 e. The number of benzene rings is 1. The van der Waals surface area contributed by atoms with E-state index in [0.29, 0.717) is 17.8 Å². The second kappa shape index (κ2) is 11.6. The summed E-state index contributed by atoms with van der Waals surface area (Å²) in [6.45, 7) is 1.90. The van der Waals surface area contributed by atoms with Crippen molar-refractivity contribution in [2.24, 2.45) is 5.41 Å². The lowest BCUT2D eigenvalue weighted by Crippen LogP contribution is -2.54. The quantitative estimate of drug-likeness (QED) is 0.475. The molecule has 8 nitrogen and oxygen atoms in total. The normalized spacial score (nSPS) is 24.0. The van der Waals surface area contributed by atoms with Crippen molar-refractivity contribution in [1.29, 1.82) is 5.26 Å². The molecule has 3 aliphatic rings. The Balaban J connectivity index is 1.46. The topological polar surface area (TPSA) is 93.5 Å². The predicted molar refractivity (Wildman–Crippen MR) is 147 cm³/mol. The molecule has 4 heterocycles. The number of allylic oxidation sites excluding steroid dienone is 1. The van der Waals surface area contributed by atoms with E-state index in [9.17, 15) is 27.6 Å². The molecule has 2 aromatic rings. The molecule has 2 atom stereocenters. The molecule has 1 aromatic heterocycles. The van der Waals surface area contributed by atoms with Crippen molar-refractivity contribution < 1.29 is 31.5 Å². The van der Waals surface area contributed by atoms with Gasteiger partial charge in [0.05, 0.1) is 28.4 Å². The smallest absolute Gasteiger partial charge is 0.370 e. The number of piperidine rings is 1. The molecule has 5 rings (SSSR count). The number of aromatic nitrogens is 1. The fraction of sp³-hybridized carbons (Fsp3) is 0.433. The van der Waals surface area contributed by atoms with Crippen molar-refractivity contribution in [2.75, 3.05) is 45.2 Å². The zero-order chi connectivity index (χ0) is 31.0. The first-order valence-electron chi connectivity index (χ1n) is 13.8. The van der Waals surface area contributed by atoms with Crippen LogP contribution in [-0.4, -0.2) is 62.2 Å². The van der Waals surface area contributed by atoms with Gasteiger partial charge in [0.2, 0.25) is 11.6 Å². The lowest BCUT2D eigenvalue weighted by molar-refractivity contribution is -0.137. The lowest BCUT2D eigenvalue weighted by Gasteiger charge is -2.45. The van der Waals surface area contributed by atoms with Crippen LogP contribution in [0.1, 0.15) is 36.0 Å². The van der Waals surface area contributed by atoms with Gasteiger partial charge in [-0.05, 0) is 68.8 Å². The van der Waals surface area contributed by atoms with E-state index >= 15 is 4.39 Å². The van der Waals surface area contributed by atoms with Crippen LogP contribution < -0.4 is 15.5 Å². The number of methoxy groups -OCH3 is 1. The molecule has 0 aliphatic carbocycles. The molecule has 0 spiro atoms. The predicted octanol–water partition coefficient (Wildman–Crippen LogP) is 4.36. The first-order valence-corrected chi connectivity index (χ1v) is 13.8. The zero-order valence-electron chi connectivity index (χ0n) is 23.6. The van der Waals surface area contributed by atoms with Crippen LogP contribution in [0.2, 0.25) is 0 Å². The maximum Gasteiger partial charge on any atom is 0.416 e. The number of dihydropyridines is 1. The van der Waals surface area contributed by atoms with E-state index < -0.39 is 34.5 Å². The van der Waals surface area contributed by atoms with Crippen molar-refractivity contribution in [1.82, 2.24) is 20.5 Å². The number of halogens is 5. The minimum absolute atomic E-state index is 0.0905. The summed E-state index contributed by atoms with van der Waals surface area (Å²) in [5.41, 5.74) is -3.34. The number of nitrogens with zero attached hydrogens (tertiary/aromatic N) is 4. The molecule has 1 amide bonds. The van der Waals surface area contributed by atoms with Crippen molar-refractivity contribution in [2.45, 2.75) is 37.2 Å². The largest absolute Gasteiger partial charge is 0.416 e. The minimum atomic E-state index is -4.59. The number of likely N-dealkylation sites (tertiary alicyclic amines) is 1. The molecule has 2 saturated heterocycles. The summed E-state index contributed by atoms with van der Waals surface area (Å²) in [6.07, 6.45) is 1.51. The van der Waals surface area contributed by atoms with Crippen LogP contribution in [0, 0.1) is 22.6 Å². The number of anilines is 1. The number of ether oxygens (including phenoxy) is 1. The number of alkyl halides is 3. The first-order chi connectivity index (χ1) is 20.4. The summed E-state index contributed by atoms with van der Waals surface area (Å²) < 4.78 is 75.2. The Morgan fingerprint density at radius 3 is 2.51 bits per heavy atom. The Morgan fingerprint density at radius 1 is 1.19 bits per heavy atom. The number of pyridine rings is 1. The molecule has 0 bridgehead atoms. The number of nitrogens with one attached hydrogen (secondary N) is 2. The maximum atomic E-state index is 16.0. The number of hydrogen-bond acceptors (Lipinski definition) is 7. The molecule has 0 radical (unpaired) electrons. The van der Waals surface area contributed by atoms with Gasteiger partial charge in [0.1, 0.15) is 11.9 Å². The van der Waals surface area contributed by atoms with E-state index in [0.717, 1.165) is 37.4 Å². The highest BCUT2D eigenvalue weighted by atomic mass is 19.4. The van der Waals surface area contributed by atoms with E-state index in [-0.39, 0.29) is 49.0 Å².